The van der Waals surface area contributed by atoms with Crippen molar-refractivity contribution in [2.45, 2.75) is 6.42 Å². The zero-order valence-electron chi connectivity index (χ0n) is 8.53. The van der Waals surface area contributed by atoms with Gasteiger partial charge < -0.3 is 4.98 Å². The topological polar surface area (TPSA) is 29.9 Å². The third-order valence-corrected chi connectivity index (χ3v) is 2.94. The van der Waals surface area contributed by atoms with Gasteiger partial charge in [0.15, 0.2) is 0 Å². The Morgan fingerprint density at radius 3 is 3.00 bits per heavy atom. The van der Waals surface area contributed by atoms with Crippen LogP contribution in [-0.2, 0) is 0 Å². The highest BCUT2D eigenvalue weighted by molar-refractivity contribution is 5.92. The van der Waals surface area contributed by atoms with Gasteiger partial charge in [0.05, 0.1) is 0 Å². The second-order valence-corrected chi connectivity index (χ2v) is 3.86. The van der Waals surface area contributed by atoms with Crippen molar-refractivity contribution < 1.29 is 0 Å². The predicted octanol–water partition coefficient (Wildman–Crippen LogP) is 2.56. The molecule has 15 heavy (non-hydrogen) atoms. The number of benzene rings is 1. The molecule has 2 aromatic rings. The Kier molecular flexibility index (Phi) is 2.07. The first-order valence-corrected chi connectivity index (χ1v) is 5.34. The summed E-state index contributed by atoms with van der Waals surface area (Å²) in [4.78, 5) is 3.31. The highest BCUT2D eigenvalue weighted by Gasteiger charge is 2.10. The summed E-state index contributed by atoms with van der Waals surface area (Å²) < 4.78 is 0. The van der Waals surface area contributed by atoms with Gasteiger partial charge in [-0.25, -0.2) is 5.32 Å². The van der Waals surface area contributed by atoms with Crippen LogP contribution in [-0.4, -0.2) is 18.1 Å². The van der Waals surface area contributed by atoms with E-state index in [4.69, 9.17) is 0 Å². The van der Waals surface area contributed by atoms with E-state index >= 15 is 0 Å². The van der Waals surface area contributed by atoms with Crippen LogP contribution in [0.3, 0.4) is 0 Å². The van der Waals surface area contributed by atoms with E-state index in [0.717, 1.165) is 19.5 Å². The number of aromatic amines is 1. The minimum absolute atomic E-state index is 0.870. The summed E-state index contributed by atoms with van der Waals surface area (Å²) in [5.41, 5.74) is 4.00. The summed E-state index contributed by atoms with van der Waals surface area (Å²) in [5.74, 6) is 0. The lowest BCUT2D eigenvalue weighted by Gasteiger charge is -2.11. The second kappa shape index (κ2) is 3.55. The lowest BCUT2D eigenvalue weighted by Crippen LogP contribution is -2.12. The fourth-order valence-corrected chi connectivity index (χ4v) is 2.15. The maximum atomic E-state index is 4.33. The predicted molar refractivity (Wildman–Crippen MR) is 62.8 cm³/mol. The van der Waals surface area contributed by atoms with Crippen molar-refractivity contribution in [1.29, 1.82) is 0 Å². The molecule has 1 aliphatic rings. The molecule has 1 N–H and O–H groups in total. The Labute approximate surface area is 89.0 Å². The normalized spacial score (nSPS) is 16.7. The molecule has 0 bridgehead atoms. The maximum absolute atomic E-state index is 4.33. The molecule has 2 nitrogen and oxygen atoms in total. The average molecular weight is 197 g/mol. The van der Waals surface area contributed by atoms with E-state index in [1.807, 2.05) is 0 Å². The van der Waals surface area contributed by atoms with E-state index in [1.54, 1.807) is 0 Å². The van der Waals surface area contributed by atoms with Crippen molar-refractivity contribution >= 4 is 16.5 Å². The summed E-state index contributed by atoms with van der Waals surface area (Å²) in [7, 11) is 0. The fraction of sp³-hybridized carbons (Fsp3) is 0.231. The number of aromatic nitrogens is 1. The van der Waals surface area contributed by atoms with Gasteiger partial charge in [-0.05, 0) is 18.1 Å². The Morgan fingerprint density at radius 2 is 2.13 bits per heavy atom. The molecule has 0 saturated carbocycles. The van der Waals surface area contributed by atoms with Crippen LogP contribution in [0.15, 0.2) is 36.5 Å². The number of hydrogen-bond acceptors (Lipinski definition) is 0. The molecule has 0 spiro atoms. The van der Waals surface area contributed by atoms with Crippen LogP contribution in [0, 0.1) is 0 Å². The van der Waals surface area contributed by atoms with Crippen molar-refractivity contribution in [2.24, 2.45) is 0 Å². The van der Waals surface area contributed by atoms with Crippen LogP contribution in [0.2, 0.25) is 0 Å². The van der Waals surface area contributed by atoms with E-state index in [0.29, 0.717) is 0 Å². The Bertz CT molecular complexity index is 508. The maximum Gasteiger partial charge on any atom is 0.0460 e. The third kappa shape index (κ3) is 1.47. The van der Waals surface area contributed by atoms with Crippen LogP contribution >= 0.6 is 0 Å². The molecule has 1 aromatic carbocycles. The molecule has 1 aliphatic heterocycles. The van der Waals surface area contributed by atoms with Crippen molar-refractivity contribution in [3.63, 3.8) is 0 Å². The molecule has 0 saturated heterocycles. The van der Waals surface area contributed by atoms with E-state index < -0.39 is 0 Å². The van der Waals surface area contributed by atoms with Gasteiger partial charge in [0.25, 0.3) is 0 Å². The number of nitrogens with one attached hydrogen (secondary N) is 1. The molecular weight excluding hydrogens is 184 g/mol. The fourth-order valence-electron chi connectivity index (χ4n) is 2.15. The monoisotopic (exact) mass is 197 g/mol. The summed E-state index contributed by atoms with van der Waals surface area (Å²) in [6.45, 7) is 1.83. The van der Waals surface area contributed by atoms with E-state index in [1.165, 1.54) is 22.0 Å². The van der Waals surface area contributed by atoms with Gasteiger partial charge in [-0.1, -0.05) is 24.3 Å². The minimum Gasteiger partial charge on any atom is -0.361 e. The molecule has 2 heterocycles. The van der Waals surface area contributed by atoms with Crippen molar-refractivity contribution in [1.82, 2.24) is 10.3 Å². The first-order chi connectivity index (χ1) is 7.45. The summed E-state index contributed by atoms with van der Waals surface area (Å²) in [6, 6.07) is 8.45. The van der Waals surface area contributed by atoms with Crippen molar-refractivity contribution in [3.8, 4) is 0 Å². The largest absolute Gasteiger partial charge is 0.361 e. The van der Waals surface area contributed by atoms with Crippen LogP contribution in [0.5, 0.6) is 0 Å². The highest BCUT2D eigenvalue weighted by Crippen LogP contribution is 2.27. The van der Waals surface area contributed by atoms with E-state index in [9.17, 15) is 0 Å². The van der Waals surface area contributed by atoms with Gasteiger partial charge in [-0.15, -0.1) is 0 Å². The number of fused-ring (bicyclic) bond motifs is 1. The first kappa shape index (κ1) is 8.74. The minimum atomic E-state index is 0.870. The van der Waals surface area contributed by atoms with E-state index in [-0.39, 0.29) is 0 Å². The lowest BCUT2D eigenvalue weighted by molar-refractivity contribution is 0.723. The van der Waals surface area contributed by atoms with Gasteiger partial charge in [0, 0.05) is 35.8 Å². The summed E-state index contributed by atoms with van der Waals surface area (Å²) in [6.07, 6.45) is 5.42. The number of rotatable bonds is 1. The molecule has 0 unspecified atom stereocenters. The molecule has 0 fully saturated rings. The first-order valence-electron chi connectivity index (χ1n) is 5.34. The smallest absolute Gasteiger partial charge is 0.0460 e. The van der Waals surface area contributed by atoms with Gasteiger partial charge in [-0.2, -0.15) is 0 Å². The third-order valence-electron chi connectivity index (χ3n) is 2.94. The molecule has 0 aliphatic carbocycles. The van der Waals surface area contributed by atoms with Crippen LogP contribution in [0.1, 0.15) is 12.0 Å². The Hall–Kier alpha value is -1.54. The molecule has 1 radical (unpaired) electrons. The molecule has 1 aromatic heterocycles. The molecule has 0 amide bonds. The SMILES string of the molecule is C1=C(c2c[nH]c3ccccc23)CC[N]C1. The second-order valence-electron chi connectivity index (χ2n) is 3.86. The number of H-pyrrole nitrogens is 1. The zero-order valence-corrected chi connectivity index (χ0v) is 8.53. The standard InChI is InChI=1S/C13H13N2/c1-2-4-13-11(3-1)12(9-15-13)10-5-7-14-8-6-10/h1-5,9,15H,6-8H2. The average Bonchev–Trinajstić information content (AvgIpc) is 2.74. The molecule has 0 atom stereocenters. The van der Waals surface area contributed by atoms with Gasteiger partial charge in [0.2, 0.25) is 0 Å². The molecule has 75 valence electrons. The van der Waals surface area contributed by atoms with Gasteiger partial charge in [-0.3, -0.25) is 0 Å². The highest BCUT2D eigenvalue weighted by atomic mass is 14.8. The number of para-hydroxylation sites is 1. The summed E-state index contributed by atoms with van der Waals surface area (Å²) >= 11 is 0. The molecule has 3 rings (SSSR count). The number of nitrogens with zero attached hydrogens (tertiary/aromatic N) is 1. The Balaban J connectivity index is 2.14. The van der Waals surface area contributed by atoms with Crippen LogP contribution in [0.25, 0.3) is 16.5 Å². The van der Waals surface area contributed by atoms with E-state index in [2.05, 4.69) is 46.8 Å². The quantitative estimate of drug-likeness (QED) is 0.728. The lowest BCUT2D eigenvalue weighted by atomic mass is 10.00. The van der Waals surface area contributed by atoms with Gasteiger partial charge in [0.1, 0.15) is 0 Å². The van der Waals surface area contributed by atoms with Crippen molar-refractivity contribution in [3.05, 3.63) is 42.1 Å². The van der Waals surface area contributed by atoms with Gasteiger partial charge >= 0.3 is 0 Å². The van der Waals surface area contributed by atoms with Crippen LogP contribution < -0.4 is 5.32 Å². The molecule has 2 heteroatoms. The van der Waals surface area contributed by atoms with Crippen molar-refractivity contribution in [2.75, 3.05) is 13.1 Å². The number of hydrogen-bond donors (Lipinski definition) is 1. The summed E-state index contributed by atoms with van der Waals surface area (Å²) in [5, 5.41) is 5.66. The Morgan fingerprint density at radius 1 is 1.20 bits per heavy atom. The molecular formula is C13H13N2. The van der Waals surface area contributed by atoms with Crippen LogP contribution in [0.4, 0.5) is 0 Å². The zero-order chi connectivity index (χ0) is 10.1.